The maximum Gasteiger partial charge on any atom is 0.109 e. The quantitative estimate of drug-likeness (QED) is 0.772. The highest BCUT2D eigenvalue weighted by molar-refractivity contribution is 7.09. The van der Waals surface area contributed by atoms with Crippen molar-refractivity contribution in [2.75, 3.05) is 13.2 Å². The number of aliphatic hydroxyl groups excluding tert-OH is 1. The molecule has 1 rings (SSSR count). The summed E-state index contributed by atoms with van der Waals surface area (Å²) in [6.07, 6.45) is 3.83. The van der Waals surface area contributed by atoms with Gasteiger partial charge in [0.2, 0.25) is 0 Å². The highest BCUT2D eigenvalue weighted by atomic mass is 32.1. The lowest BCUT2D eigenvalue weighted by molar-refractivity contribution is 0.110. The highest BCUT2D eigenvalue weighted by Crippen LogP contribution is 2.26. The normalized spacial score (nSPS) is 14.0. The fourth-order valence-corrected chi connectivity index (χ4v) is 2.36. The van der Waals surface area contributed by atoms with Crippen LogP contribution in [0.5, 0.6) is 0 Å². The maximum atomic E-state index is 9.47. The van der Waals surface area contributed by atoms with Crippen molar-refractivity contribution < 1.29 is 5.11 Å². The molecule has 4 heteroatoms. The average Bonchev–Trinajstić information content (AvgIpc) is 2.85. The van der Waals surface area contributed by atoms with Crippen LogP contribution in [0.1, 0.15) is 44.7 Å². The topological polar surface area (TPSA) is 45.1 Å². The van der Waals surface area contributed by atoms with Crippen molar-refractivity contribution in [3.63, 3.8) is 0 Å². The van der Waals surface area contributed by atoms with Crippen molar-refractivity contribution in [2.45, 2.75) is 39.7 Å². The molecular weight excluding hydrogens is 220 g/mol. The minimum Gasteiger partial charge on any atom is -0.396 e. The van der Waals surface area contributed by atoms with Gasteiger partial charge in [0.15, 0.2) is 0 Å². The largest absolute Gasteiger partial charge is 0.396 e. The van der Waals surface area contributed by atoms with Gasteiger partial charge in [0.05, 0.1) is 6.04 Å². The lowest BCUT2D eigenvalue weighted by Crippen LogP contribution is -2.37. The van der Waals surface area contributed by atoms with E-state index in [0.29, 0.717) is 0 Å². The summed E-state index contributed by atoms with van der Waals surface area (Å²) in [6, 6.07) is 0.268. The van der Waals surface area contributed by atoms with Crippen LogP contribution in [0.2, 0.25) is 0 Å². The number of thiazole rings is 1. The summed E-state index contributed by atoms with van der Waals surface area (Å²) in [6.45, 7) is 7.48. The molecule has 16 heavy (non-hydrogen) atoms. The maximum absolute atomic E-state index is 9.47. The molecular formula is C12H22N2OS. The van der Waals surface area contributed by atoms with Crippen molar-refractivity contribution in [2.24, 2.45) is 5.41 Å². The number of aromatic nitrogens is 1. The van der Waals surface area contributed by atoms with Crippen LogP contribution < -0.4 is 5.32 Å². The van der Waals surface area contributed by atoms with Gasteiger partial charge in [-0.1, -0.05) is 13.8 Å². The number of hydrogen-bond acceptors (Lipinski definition) is 4. The van der Waals surface area contributed by atoms with Gasteiger partial charge in [0.25, 0.3) is 0 Å². The van der Waals surface area contributed by atoms with E-state index < -0.39 is 0 Å². The van der Waals surface area contributed by atoms with Crippen molar-refractivity contribution in [1.29, 1.82) is 0 Å². The smallest absolute Gasteiger partial charge is 0.109 e. The van der Waals surface area contributed by atoms with Gasteiger partial charge in [0.1, 0.15) is 5.01 Å². The van der Waals surface area contributed by atoms with E-state index in [1.807, 2.05) is 11.6 Å². The van der Waals surface area contributed by atoms with Crippen molar-refractivity contribution in [3.8, 4) is 0 Å². The molecule has 0 aromatic carbocycles. The summed E-state index contributed by atoms with van der Waals surface area (Å²) in [5.74, 6) is 0. The first kappa shape index (κ1) is 13.6. The van der Waals surface area contributed by atoms with Gasteiger partial charge in [-0.15, -0.1) is 11.3 Å². The SMILES string of the molecule is CCC(CC)(CO)CNC(C)c1nccs1. The Labute approximate surface area is 102 Å². The van der Waals surface area contributed by atoms with E-state index >= 15 is 0 Å². The Morgan fingerprint density at radius 2 is 2.19 bits per heavy atom. The molecule has 0 aliphatic rings. The Kier molecular flexibility index (Phi) is 5.38. The summed E-state index contributed by atoms with van der Waals surface area (Å²) in [7, 11) is 0. The van der Waals surface area contributed by atoms with Crippen molar-refractivity contribution in [3.05, 3.63) is 16.6 Å². The predicted molar refractivity (Wildman–Crippen MR) is 68.6 cm³/mol. The summed E-state index contributed by atoms with van der Waals surface area (Å²) in [5, 5.41) is 16.0. The molecule has 0 saturated heterocycles. The molecule has 0 saturated carbocycles. The fraction of sp³-hybridized carbons (Fsp3) is 0.750. The molecule has 92 valence electrons. The molecule has 0 radical (unpaired) electrons. The van der Waals surface area contributed by atoms with Crippen LogP contribution in [-0.2, 0) is 0 Å². The Bertz CT molecular complexity index is 275. The van der Waals surface area contributed by atoms with Gasteiger partial charge < -0.3 is 10.4 Å². The third-order valence-corrected chi connectivity index (χ3v) is 4.40. The van der Waals surface area contributed by atoms with E-state index in [0.717, 1.165) is 24.4 Å². The molecule has 3 nitrogen and oxygen atoms in total. The molecule has 0 fully saturated rings. The molecule has 0 bridgehead atoms. The number of hydrogen-bond donors (Lipinski definition) is 2. The third-order valence-electron chi connectivity index (χ3n) is 3.44. The van der Waals surface area contributed by atoms with Gasteiger partial charge in [-0.25, -0.2) is 4.98 Å². The summed E-state index contributed by atoms with van der Waals surface area (Å²) >= 11 is 1.67. The molecule has 0 aliphatic carbocycles. The molecule has 1 atom stereocenters. The van der Waals surface area contributed by atoms with E-state index in [1.54, 1.807) is 11.3 Å². The monoisotopic (exact) mass is 242 g/mol. The predicted octanol–water partition coefficient (Wildman–Crippen LogP) is 2.59. The van der Waals surface area contributed by atoms with Gasteiger partial charge >= 0.3 is 0 Å². The minimum absolute atomic E-state index is 0.0194. The summed E-state index contributed by atoms with van der Waals surface area (Å²) in [5.41, 5.74) is 0.0194. The molecule has 1 unspecified atom stereocenters. The number of nitrogens with one attached hydrogen (secondary N) is 1. The second kappa shape index (κ2) is 6.33. The summed E-state index contributed by atoms with van der Waals surface area (Å²) < 4.78 is 0. The van der Waals surface area contributed by atoms with Gasteiger partial charge in [0, 0.05) is 30.1 Å². The molecule has 0 aliphatic heterocycles. The zero-order valence-electron chi connectivity index (χ0n) is 10.4. The Morgan fingerprint density at radius 1 is 1.50 bits per heavy atom. The molecule has 2 N–H and O–H groups in total. The van der Waals surface area contributed by atoms with E-state index in [9.17, 15) is 5.11 Å². The Morgan fingerprint density at radius 3 is 2.62 bits per heavy atom. The summed E-state index contributed by atoms with van der Waals surface area (Å²) in [4.78, 5) is 4.29. The van der Waals surface area contributed by atoms with Crippen LogP contribution in [0, 0.1) is 5.41 Å². The van der Waals surface area contributed by atoms with Crippen LogP contribution in [0.3, 0.4) is 0 Å². The number of nitrogens with zero attached hydrogens (tertiary/aromatic N) is 1. The molecule has 1 heterocycles. The molecule has 0 amide bonds. The standard InChI is InChI=1S/C12H22N2OS/c1-4-12(5-2,9-15)8-14-10(3)11-13-6-7-16-11/h6-7,10,14-15H,4-5,8-9H2,1-3H3. The first-order valence-corrected chi connectivity index (χ1v) is 6.79. The van der Waals surface area contributed by atoms with Crippen LogP contribution in [0.25, 0.3) is 0 Å². The van der Waals surface area contributed by atoms with Gasteiger partial charge in [-0.2, -0.15) is 0 Å². The second-order valence-corrected chi connectivity index (χ2v) is 5.26. The van der Waals surface area contributed by atoms with Crippen molar-refractivity contribution >= 4 is 11.3 Å². The lowest BCUT2D eigenvalue weighted by atomic mass is 9.83. The van der Waals surface area contributed by atoms with Crippen molar-refractivity contribution in [1.82, 2.24) is 10.3 Å². The third kappa shape index (κ3) is 3.27. The zero-order chi connectivity index (χ0) is 12.0. The Hall–Kier alpha value is -0.450. The minimum atomic E-state index is 0.0194. The molecule has 1 aromatic rings. The zero-order valence-corrected chi connectivity index (χ0v) is 11.2. The highest BCUT2D eigenvalue weighted by Gasteiger charge is 2.25. The number of aliphatic hydroxyl groups is 1. The Balaban J connectivity index is 2.49. The first-order valence-electron chi connectivity index (χ1n) is 5.91. The van der Waals surface area contributed by atoms with Gasteiger partial charge in [-0.3, -0.25) is 0 Å². The van der Waals surface area contributed by atoms with E-state index in [2.05, 4.69) is 31.1 Å². The van der Waals surface area contributed by atoms with Crippen LogP contribution >= 0.6 is 11.3 Å². The first-order chi connectivity index (χ1) is 7.67. The second-order valence-electron chi connectivity index (χ2n) is 4.34. The lowest BCUT2D eigenvalue weighted by Gasteiger charge is -2.30. The average molecular weight is 242 g/mol. The van der Waals surface area contributed by atoms with Gasteiger partial charge in [-0.05, 0) is 19.8 Å². The number of rotatable bonds is 7. The van der Waals surface area contributed by atoms with Crippen LogP contribution in [-0.4, -0.2) is 23.2 Å². The van der Waals surface area contributed by atoms with E-state index in [4.69, 9.17) is 0 Å². The van der Waals surface area contributed by atoms with E-state index in [1.165, 1.54) is 0 Å². The van der Waals surface area contributed by atoms with E-state index in [-0.39, 0.29) is 18.1 Å². The van der Waals surface area contributed by atoms with Crippen LogP contribution in [0.15, 0.2) is 11.6 Å². The molecule has 0 spiro atoms. The van der Waals surface area contributed by atoms with Crippen LogP contribution in [0.4, 0.5) is 0 Å². The molecule has 1 aromatic heterocycles. The fourth-order valence-electron chi connectivity index (χ4n) is 1.68.